The standard InChI is InChI=1S/C22H32F2O/c1-15(25-2)13-16-3-5-17(6-4-16)18-7-9-19(10-8-18)20-11-12-21(23)22(24)14-20/h11-12,14-19H,3-10,13H2,1-2H3. The summed E-state index contributed by atoms with van der Waals surface area (Å²) in [6.45, 7) is 2.17. The molecule has 25 heavy (non-hydrogen) atoms. The number of hydrogen-bond donors (Lipinski definition) is 0. The Kier molecular flexibility index (Phi) is 6.49. The van der Waals surface area contributed by atoms with E-state index in [1.807, 2.05) is 7.11 Å². The van der Waals surface area contributed by atoms with Crippen molar-refractivity contribution in [1.29, 1.82) is 0 Å². The van der Waals surface area contributed by atoms with Crippen molar-refractivity contribution in [2.45, 2.75) is 76.7 Å². The lowest BCUT2D eigenvalue weighted by atomic mass is 9.68. The zero-order chi connectivity index (χ0) is 17.8. The number of rotatable bonds is 5. The molecule has 3 heteroatoms. The average molecular weight is 350 g/mol. The molecule has 1 aromatic rings. The molecule has 0 aromatic heterocycles. The predicted octanol–water partition coefficient (Wildman–Crippen LogP) is 6.47. The fourth-order valence-electron chi connectivity index (χ4n) is 5.15. The molecule has 3 rings (SSSR count). The molecule has 1 aromatic carbocycles. The Morgan fingerprint density at radius 3 is 2.08 bits per heavy atom. The molecular weight excluding hydrogens is 318 g/mol. The van der Waals surface area contributed by atoms with E-state index in [0.29, 0.717) is 12.0 Å². The topological polar surface area (TPSA) is 9.23 Å². The summed E-state index contributed by atoms with van der Waals surface area (Å²) < 4.78 is 32.0. The van der Waals surface area contributed by atoms with Crippen LogP contribution in [0.3, 0.4) is 0 Å². The van der Waals surface area contributed by atoms with Gasteiger partial charge in [-0.05, 0) is 93.2 Å². The van der Waals surface area contributed by atoms with Crippen molar-refractivity contribution < 1.29 is 13.5 Å². The summed E-state index contributed by atoms with van der Waals surface area (Å²) in [7, 11) is 1.81. The van der Waals surface area contributed by atoms with Gasteiger partial charge in [0.1, 0.15) is 0 Å². The van der Waals surface area contributed by atoms with E-state index < -0.39 is 11.6 Å². The van der Waals surface area contributed by atoms with E-state index in [0.717, 1.165) is 36.2 Å². The summed E-state index contributed by atoms with van der Waals surface area (Å²) in [4.78, 5) is 0. The minimum absolute atomic E-state index is 0.382. The van der Waals surface area contributed by atoms with Crippen molar-refractivity contribution >= 4 is 0 Å². The fourth-order valence-corrected chi connectivity index (χ4v) is 5.15. The zero-order valence-corrected chi connectivity index (χ0v) is 15.6. The van der Waals surface area contributed by atoms with E-state index in [1.165, 1.54) is 57.1 Å². The Morgan fingerprint density at radius 1 is 0.920 bits per heavy atom. The molecule has 0 saturated heterocycles. The molecule has 1 atom stereocenters. The van der Waals surface area contributed by atoms with Crippen LogP contribution in [0.5, 0.6) is 0 Å². The van der Waals surface area contributed by atoms with Gasteiger partial charge in [-0.1, -0.05) is 18.9 Å². The minimum atomic E-state index is -0.739. The second kappa shape index (κ2) is 8.62. The van der Waals surface area contributed by atoms with Gasteiger partial charge in [0.05, 0.1) is 6.10 Å². The number of halogens is 2. The maximum Gasteiger partial charge on any atom is 0.159 e. The first-order valence-corrected chi connectivity index (χ1v) is 10.0. The van der Waals surface area contributed by atoms with Gasteiger partial charge in [-0.25, -0.2) is 8.78 Å². The van der Waals surface area contributed by atoms with Crippen LogP contribution in [0.2, 0.25) is 0 Å². The summed E-state index contributed by atoms with van der Waals surface area (Å²) in [5.74, 6) is 1.51. The highest BCUT2D eigenvalue weighted by molar-refractivity contribution is 5.22. The van der Waals surface area contributed by atoms with Gasteiger partial charge in [0.2, 0.25) is 0 Å². The Hall–Kier alpha value is -0.960. The first kappa shape index (κ1) is 18.8. The Balaban J connectivity index is 1.46. The summed E-state index contributed by atoms with van der Waals surface area (Å²) in [6.07, 6.45) is 11.7. The van der Waals surface area contributed by atoms with Crippen molar-refractivity contribution in [2.75, 3.05) is 7.11 Å². The molecule has 2 saturated carbocycles. The largest absolute Gasteiger partial charge is 0.382 e. The Labute approximate surface area is 151 Å². The molecule has 0 heterocycles. The van der Waals surface area contributed by atoms with Crippen LogP contribution < -0.4 is 0 Å². The van der Waals surface area contributed by atoms with Crippen LogP contribution in [0.15, 0.2) is 18.2 Å². The highest BCUT2D eigenvalue weighted by atomic mass is 19.2. The third-order valence-corrected chi connectivity index (χ3v) is 6.81. The van der Waals surface area contributed by atoms with Gasteiger partial charge >= 0.3 is 0 Å². The van der Waals surface area contributed by atoms with E-state index in [-0.39, 0.29) is 0 Å². The number of methoxy groups -OCH3 is 1. The molecule has 0 radical (unpaired) electrons. The van der Waals surface area contributed by atoms with Gasteiger partial charge in [-0.15, -0.1) is 0 Å². The second-order valence-corrected chi connectivity index (χ2v) is 8.35. The van der Waals surface area contributed by atoms with Crippen LogP contribution in [0.4, 0.5) is 8.78 Å². The lowest BCUT2D eigenvalue weighted by Crippen LogP contribution is -2.26. The minimum Gasteiger partial charge on any atom is -0.382 e. The van der Waals surface area contributed by atoms with Crippen molar-refractivity contribution in [3.63, 3.8) is 0 Å². The average Bonchev–Trinajstić information content (AvgIpc) is 2.65. The molecule has 0 N–H and O–H groups in total. The van der Waals surface area contributed by atoms with Crippen LogP contribution in [-0.4, -0.2) is 13.2 Å². The van der Waals surface area contributed by atoms with E-state index in [1.54, 1.807) is 6.07 Å². The van der Waals surface area contributed by atoms with Crippen LogP contribution in [-0.2, 0) is 4.74 Å². The summed E-state index contributed by atoms with van der Waals surface area (Å²) in [5.41, 5.74) is 0.981. The van der Waals surface area contributed by atoms with Crippen molar-refractivity contribution in [3.05, 3.63) is 35.4 Å². The molecule has 2 aliphatic rings. The smallest absolute Gasteiger partial charge is 0.159 e. The van der Waals surface area contributed by atoms with Crippen molar-refractivity contribution in [2.24, 2.45) is 17.8 Å². The number of ether oxygens (including phenoxy) is 1. The maximum atomic E-state index is 13.5. The normalized spacial score (nSPS) is 31.7. The summed E-state index contributed by atoms with van der Waals surface area (Å²) in [6, 6.07) is 4.45. The third-order valence-electron chi connectivity index (χ3n) is 6.81. The van der Waals surface area contributed by atoms with Crippen molar-refractivity contribution in [1.82, 2.24) is 0 Å². The third kappa shape index (κ3) is 4.81. The van der Waals surface area contributed by atoms with Gasteiger partial charge in [0.25, 0.3) is 0 Å². The molecule has 2 fully saturated rings. The lowest BCUT2D eigenvalue weighted by Gasteiger charge is -2.38. The quantitative estimate of drug-likeness (QED) is 0.591. The van der Waals surface area contributed by atoms with Gasteiger partial charge in [-0.2, -0.15) is 0 Å². The second-order valence-electron chi connectivity index (χ2n) is 8.35. The van der Waals surface area contributed by atoms with E-state index in [9.17, 15) is 8.78 Å². The maximum absolute atomic E-state index is 13.5. The van der Waals surface area contributed by atoms with E-state index in [4.69, 9.17) is 4.74 Å². The van der Waals surface area contributed by atoms with Gasteiger partial charge in [0, 0.05) is 7.11 Å². The van der Waals surface area contributed by atoms with Gasteiger partial charge in [-0.3, -0.25) is 0 Å². The van der Waals surface area contributed by atoms with Gasteiger partial charge < -0.3 is 4.74 Å². The zero-order valence-electron chi connectivity index (χ0n) is 15.6. The summed E-state index contributed by atoms with van der Waals surface area (Å²) in [5, 5.41) is 0. The molecule has 2 aliphatic carbocycles. The number of benzene rings is 1. The molecule has 0 amide bonds. The molecular formula is C22H32F2O. The molecule has 0 spiro atoms. The van der Waals surface area contributed by atoms with Crippen LogP contribution in [0.25, 0.3) is 0 Å². The first-order valence-electron chi connectivity index (χ1n) is 10.0. The first-order chi connectivity index (χ1) is 12.1. The predicted molar refractivity (Wildman–Crippen MR) is 97.6 cm³/mol. The van der Waals surface area contributed by atoms with Gasteiger partial charge in [0.15, 0.2) is 11.6 Å². The monoisotopic (exact) mass is 350 g/mol. The highest BCUT2D eigenvalue weighted by Gasteiger charge is 2.31. The summed E-state index contributed by atoms with van der Waals surface area (Å²) >= 11 is 0. The highest BCUT2D eigenvalue weighted by Crippen LogP contribution is 2.44. The Morgan fingerprint density at radius 2 is 1.52 bits per heavy atom. The Bertz CT molecular complexity index is 543. The molecule has 0 aliphatic heterocycles. The molecule has 0 bridgehead atoms. The van der Waals surface area contributed by atoms with Crippen molar-refractivity contribution in [3.8, 4) is 0 Å². The van der Waals surface area contributed by atoms with E-state index in [2.05, 4.69) is 6.92 Å². The van der Waals surface area contributed by atoms with Crippen LogP contribution >= 0.6 is 0 Å². The SMILES string of the molecule is COC(C)CC1CCC(C2CCC(c3ccc(F)c(F)c3)CC2)CC1. The molecule has 1 unspecified atom stereocenters. The fraction of sp³-hybridized carbons (Fsp3) is 0.727. The number of hydrogen-bond acceptors (Lipinski definition) is 1. The lowest BCUT2D eigenvalue weighted by molar-refractivity contribution is 0.0761. The molecule has 1 nitrogen and oxygen atoms in total. The molecule has 140 valence electrons. The van der Waals surface area contributed by atoms with Crippen LogP contribution in [0, 0.1) is 29.4 Å². The van der Waals surface area contributed by atoms with E-state index >= 15 is 0 Å². The van der Waals surface area contributed by atoms with Crippen LogP contribution in [0.1, 0.15) is 76.2 Å².